The summed E-state index contributed by atoms with van der Waals surface area (Å²) in [6, 6.07) is 5.30. The van der Waals surface area contributed by atoms with Gasteiger partial charge in [0.05, 0.1) is 7.11 Å². The number of carboxylic acid groups (broad SMARTS) is 1. The molecule has 0 amide bonds. The van der Waals surface area contributed by atoms with Gasteiger partial charge in [-0.05, 0) is 25.0 Å². The van der Waals surface area contributed by atoms with Crippen molar-refractivity contribution in [2.75, 3.05) is 25.1 Å². The van der Waals surface area contributed by atoms with E-state index in [1.165, 1.54) is 20.0 Å². The molecule has 0 bridgehead atoms. The fourth-order valence-corrected chi connectivity index (χ4v) is 2.70. The maximum absolute atomic E-state index is 11.0. The third-order valence-corrected chi connectivity index (χ3v) is 4.33. The molecule has 4 nitrogen and oxygen atoms in total. The predicted molar refractivity (Wildman–Crippen MR) is 75.2 cm³/mol. The van der Waals surface area contributed by atoms with E-state index in [0.29, 0.717) is 11.2 Å². The van der Waals surface area contributed by atoms with Crippen molar-refractivity contribution in [2.45, 2.75) is 26.7 Å². The van der Waals surface area contributed by atoms with Gasteiger partial charge in [0.1, 0.15) is 11.3 Å². The molecule has 1 saturated heterocycles. The Morgan fingerprint density at radius 1 is 1.37 bits per heavy atom. The quantitative estimate of drug-likeness (QED) is 0.887. The number of rotatable bonds is 5. The zero-order valence-corrected chi connectivity index (χ0v) is 11.8. The number of benzene rings is 1. The monoisotopic (exact) mass is 263 g/mol. The minimum absolute atomic E-state index is 0.212. The third-order valence-electron chi connectivity index (χ3n) is 4.33. The van der Waals surface area contributed by atoms with Gasteiger partial charge in [-0.25, -0.2) is 4.79 Å². The van der Waals surface area contributed by atoms with E-state index in [9.17, 15) is 4.79 Å². The second-order valence-corrected chi connectivity index (χ2v) is 5.25. The van der Waals surface area contributed by atoms with Gasteiger partial charge in [-0.3, -0.25) is 0 Å². The molecule has 0 saturated carbocycles. The average molecular weight is 263 g/mol. The smallest absolute Gasteiger partial charge is 0.339 e. The summed E-state index contributed by atoms with van der Waals surface area (Å²) in [5.74, 6) is -0.529. The highest BCUT2D eigenvalue weighted by molar-refractivity contribution is 5.91. The predicted octanol–water partition coefficient (Wildman–Crippen LogP) is 3.02. The summed E-state index contributed by atoms with van der Waals surface area (Å²) in [6.07, 6.45) is 2.37. The van der Waals surface area contributed by atoms with E-state index in [2.05, 4.69) is 18.7 Å². The molecule has 1 aromatic carbocycles. The lowest BCUT2D eigenvalue weighted by atomic mass is 9.75. The summed E-state index contributed by atoms with van der Waals surface area (Å²) in [7, 11) is 1.50. The van der Waals surface area contributed by atoms with E-state index in [1.807, 2.05) is 12.1 Å². The molecule has 0 atom stereocenters. The summed E-state index contributed by atoms with van der Waals surface area (Å²) in [5, 5.41) is 9.06. The Bertz CT molecular complexity index is 472. The molecular weight excluding hydrogens is 242 g/mol. The van der Waals surface area contributed by atoms with Gasteiger partial charge in [0, 0.05) is 30.3 Å². The molecular formula is C15H21NO3. The van der Waals surface area contributed by atoms with Crippen molar-refractivity contribution in [3.05, 3.63) is 23.8 Å². The highest BCUT2D eigenvalue weighted by Gasteiger charge is 2.39. The van der Waals surface area contributed by atoms with Crippen LogP contribution >= 0.6 is 0 Å². The maximum Gasteiger partial charge on any atom is 0.339 e. The van der Waals surface area contributed by atoms with Crippen molar-refractivity contribution >= 4 is 11.7 Å². The summed E-state index contributed by atoms with van der Waals surface area (Å²) >= 11 is 0. The third kappa shape index (κ3) is 2.39. The van der Waals surface area contributed by atoms with Crippen LogP contribution in [0.4, 0.5) is 5.69 Å². The number of carbonyl (C=O) groups is 1. The Morgan fingerprint density at radius 3 is 2.47 bits per heavy atom. The van der Waals surface area contributed by atoms with Crippen molar-refractivity contribution in [3.8, 4) is 5.75 Å². The van der Waals surface area contributed by atoms with Crippen LogP contribution in [0.25, 0.3) is 0 Å². The number of carboxylic acids is 1. The Labute approximate surface area is 114 Å². The van der Waals surface area contributed by atoms with Crippen LogP contribution in [0.15, 0.2) is 18.2 Å². The largest absolute Gasteiger partial charge is 0.496 e. The molecule has 0 aromatic heterocycles. The number of ether oxygens (including phenoxy) is 1. The standard InChI is InChI=1S/C15H21NO3/c1-4-15(5-2)9-16(10-15)11-6-7-12(14(17)18)13(8-11)19-3/h6-8H,4-5,9-10H2,1-3H3,(H,17,18). The first kappa shape index (κ1) is 13.7. The summed E-state index contributed by atoms with van der Waals surface area (Å²) in [6.45, 7) is 6.54. The van der Waals surface area contributed by atoms with Crippen LogP contribution in [0, 0.1) is 5.41 Å². The fourth-order valence-electron chi connectivity index (χ4n) is 2.70. The van der Waals surface area contributed by atoms with Crippen LogP contribution in [0.3, 0.4) is 0 Å². The van der Waals surface area contributed by atoms with Crippen LogP contribution in [0.5, 0.6) is 5.75 Å². The highest BCUT2D eigenvalue weighted by atomic mass is 16.5. The fraction of sp³-hybridized carbons (Fsp3) is 0.533. The topological polar surface area (TPSA) is 49.8 Å². The summed E-state index contributed by atoms with van der Waals surface area (Å²) in [4.78, 5) is 13.3. The van der Waals surface area contributed by atoms with Crippen LogP contribution in [0.1, 0.15) is 37.0 Å². The number of aromatic carboxylic acids is 1. The lowest BCUT2D eigenvalue weighted by Gasteiger charge is -2.51. The minimum Gasteiger partial charge on any atom is -0.496 e. The van der Waals surface area contributed by atoms with E-state index >= 15 is 0 Å². The maximum atomic E-state index is 11.0. The molecule has 0 unspecified atom stereocenters. The summed E-state index contributed by atoms with van der Waals surface area (Å²) < 4.78 is 5.16. The van der Waals surface area contributed by atoms with Crippen molar-refractivity contribution < 1.29 is 14.6 Å². The van der Waals surface area contributed by atoms with Crippen molar-refractivity contribution in [3.63, 3.8) is 0 Å². The molecule has 2 rings (SSSR count). The van der Waals surface area contributed by atoms with Crippen molar-refractivity contribution in [1.29, 1.82) is 0 Å². The molecule has 104 valence electrons. The van der Waals surface area contributed by atoms with Crippen molar-refractivity contribution in [2.24, 2.45) is 5.41 Å². The number of nitrogens with zero attached hydrogens (tertiary/aromatic N) is 1. The molecule has 1 N–H and O–H groups in total. The molecule has 4 heteroatoms. The molecule has 1 fully saturated rings. The van der Waals surface area contributed by atoms with Crippen LogP contribution in [-0.2, 0) is 0 Å². The molecule has 0 radical (unpaired) electrons. The molecule has 1 aromatic rings. The molecule has 19 heavy (non-hydrogen) atoms. The first-order valence-electron chi connectivity index (χ1n) is 6.71. The van der Waals surface area contributed by atoms with Gasteiger partial charge in [0.25, 0.3) is 0 Å². The second kappa shape index (κ2) is 5.11. The first-order valence-corrected chi connectivity index (χ1v) is 6.71. The van der Waals surface area contributed by atoms with E-state index in [-0.39, 0.29) is 5.56 Å². The Morgan fingerprint density at radius 2 is 2.00 bits per heavy atom. The molecule has 1 aliphatic rings. The van der Waals surface area contributed by atoms with Gasteiger partial charge >= 0.3 is 5.97 Å². The first-order chi connectivity index (χ1) is 9.05. The van der Waals surface area contributed by atoms with Crippen LogP contribution < -0.4 is 9.64 Å². The van der Waals surface area contributed by atoms with E-state index in [4.69, 9.17) is 9.84 Å². The van der Waals surface area contributed by atoms with Crippen molar-refractivity contribution in [1.82, 2.24) is 0 Å². The lowest BCUT2D eigenvalue weighted by molar-refractivity contribution is 0.0693. The second-order valence-electron chi connectivity index (χ2n) is 5.25. The molecule has 1 aliphatic heterocycles. The van der Waals surface area contributed by atoms with Gasteiger partial charge < -0.3 is 14.7 Å². The van der Waals surface area contributed by atoms with Gasteiger partial charge in [0.2, 0.25) is 0 Å². The Hall–Kier alpha value is -1.71. The number of methoxy groups -OCH3 is 1. The number of anilines is 1. The van der Waals surface area contributed by atoms with E-state index in [0.717, 1.165) is 18.8 Å². The van der Waals surface area contributed by atoms with Gasteiger partial charge in [-0.2, -0.15) is 0 Å². The SMILES string of the molecule is CCC1(CC)CN(c2ccc(C(=O)O)c(OC)c2)C1. The minimum atomic E-state index is -0.955. The average Bonchev–Trinajstić information content (AvgIpc) is 2.38. The molecule has 0 aliphatic carbocycles. The normalized spacial score (nSPS) is 16.9. The highest BCUT2D eigenvalue weighted by Crippen LogP contribution is 2.40. The molecule has 0 spiro atoms. The number of hydrogen-bond acceptors (Lipinski definition) is 3. The van der Waals surface area contributed by atoms with E-state index in [1.54, 1.807) is 6.07 Å². The Kier molecular flexibility index (Phi) is 3.69. The zero-order chi connectivity index (χ0) is 14.0. The Balaban J connectivity index is 2.18. The van der Waals surface area contributed by atoms with Gasteiger partial charge in [-0.1, -0.05) is 13.8 Å². The van der Waals surface area contributed by atoms with Crippen LogP contribution in [0.2, 0.25) is 0 Å². The lowest BCUT2D eigenvalue weighted by Crippen LogP contribution is -2.55. The van der Waals surface area contributed by atoms with Gasteiger partial charge in [-0.15, -0.1) is 0 Å². The summed E-state index contributed by atoms with van der Waals surface area (Å²) in [5.41, 5.74) is 1.68. The number of hydrogen-bond donors (Lipinski definition) is 1. The van der Waals surface area contributed by atoms with E-state index < -0.39 is 5.97 Å². The zero-order valence-electron chi connectivity index (χ0n) is 11.8. The van der Waals surface area contributed by atoms with Gasteiger partial charge in [0.15, 0.2) is 0 Å². The molecule has 1 heterocycles. The van der Waals surface area contributed by atoms with Crippen LogP contribution in [-0.4, -0.2) is 31.3 Å².